The molecular weight excluding hydrogens is 266 g/mol. The number of aryl methyl sites for hydroxylation is 1. The van der Waals surface area contributed by atoms with E-state index >= 15 is 0 Å². The van der Waals surface area contributed by atoms with Gasteiger partial charge in [0.05, 0.1) is 6.61 Å². The zero-order valence-corrected chi connectivity index (χ0v) is 12.9. The van der Waals surface area contributed by atoms with E-state index in [-0.39, 0.29) is 12.5 Å². The van der Waals surface area contributed by atoms with Crippen LogP contribution in [0, 0.1) is 6.92 Å². The molecular formula is C16H25N3O2. The van der Waals surface area contributed by atoms with E-state index in [1.807, 2.05) is 30.0 Å². The number of hydrogen-bond donors (Lipinski definition) is 2. The van der Waals surface area contributed by atoms with Gasteiger partial charge in [-0.25, -0.2) is 0 Å². The highest BCUT2D eigenvalue weighted by Crippen LogP contribution is 2.18. The predicted octanol–water partition coefficient (Wildman–Crippen LogP) is 1.18. The van der Waals surface area contributed by atoms with E-state index in [0.29, 0.717) is 6.54 Å². The summed E-state index contributed by atoms with van der Waals surface area (Å²) in [6.07, 6.45) is 0. The number of benzene rings is 1. The lowest BCUT2D eigenvalue weighted by molar-refractivity contribution is 0.0615. The third-order valence-corrected chi connectivity index (χ3v) is 3.92. The van der Waals surface area contributed by atoms with Crippen LogP contribution in [0.4, 0.5) is 5.69 Å². The Morgan fingerprint density at radius 2 is 2.00 bits per heavy atom. The second-order valence-electron chi connectivity index (χ2n) is 5.42. The van der Waals surface area contributed by atoms with Gasteiger partial charge in [-0.1, -0.05) is 0 Å². The van der Waals surface area contributed by atoms with Gasteiger partial charge in [0.1, 0.15) is 0 Å². The minimum atomic E-state index is 0.102. The molecule has 1 aliphatic heterocycles. The fraction of sp³-hybridized carbons (Fsp3) is 0.562. The summed E-state index contributed by atoms with van der Waals surface area (Å²) in [5.74, 6) is 0.102. The van der Waals surface area contributed by atoms with Crippen LogP contribution in [0.3, 0.4) is 0 Å². The molecule has 0 unspecified atom stereocenters. The number of nitrogens with one attached hydrogen (secondary N) is 1. The van der Waals surface area contributed by atoms with Gasteiger partial charge in [-0.05, 0) is 37.6 Å². The van der Waals surface area contributed by atoms with Crippen LogP contribution in [-0.2, 0) is 0 Å². The van der Waals surface area contributed by atoms with Crippen LogP contribution >= 0.6 is 0 Å². The van der Waals surface area contributed by atoms with E-state index < -0.39 is 0 Å². The maximum atomic E-state index is 12.5. The van der Waals surface area contributed by atoms with Crippen molar-refractivity contribution >= 4 is 11.6 Å². The number of anilines is 1. The van der Waals surface area contributed by atoms with Crippen molar-refractivity contribution in [1.82, 2.24) is 9.80 Å². The number of carbonyl (C=O) groups excluding carboxylic acids is 1. The highest BCUT2D eigenvalue weighted by molar-refractivity contribution is 5.95. The molecule has 0 saturated carbocycles. The molecule has 0 atom stereocenters. The molecule has 5 nitrogen and oxygen atoms in total. The number of piperazine rings is 1. The Morgan fingerprint density at radius 1 is 1.29 bits per heavy atom. The van der Waals surface area contributed by atoms with Crippen molar-refractivity contribution in [3.63, 3.8) is 0 Å². The summed E-state index contributed by atoms with van der Waals surface area (Å²) in [5, 5.41) is 12.2. The summed E-state index contributed by atoms with van der Waals surface area (Å²) < 4.78 is 0. The number of aliphatic hydroxyl groups is 1. The first-order chi connectivity index (χ1) is 10.2. The minimum absolute atomic E-state index is 0.102. The number of carbonyl (C=O) groups is 1. The van der Waals surface area contributed by atoms with Gasteiger partial charge in [-0.15, -0.1) is 0 Å². The molecule has 1 aliphatic rings. The van der Waals surface area contributed by atoms with Crippen LogP contribution in [0.1, 0.15) is 22.8 Å². The summed E-state index contributed by atoms with van der Waals surface area (Å²) in [7, 11) is 0. The van der Waals surface area contributed by atoms with Crippen molar-refractivity contribution in [2.24, 2.45) is 0 Å². The molecule has 5 heteroatoms. The van der Waals surface area contributed by atoms with Crippen LogP contribution < -0.4 is 5.32 Å². The van der Waals surface area contributed by atoms with Crippen LogP contribution in [-0.4, -0.2) is 66.7 Å². The molecule has 1 fully saturated rings. The van der Waals surface area contributed by atoms with Crippen molar-refractivity contribution in [3.8, 4) is 0 Å². The van der Waals surface area contributed by atoms with Gasteiger partial charge < -0.3 is 15.3 Å². The second-order valence-corrected chi connectivity index (χ2v) is 5.42. The first-order valence-corrected chi connectivity index (χ1v) is 7.62. The van der Waals surface area contributed by atoms with E-state index in [1.54, 1.807) is 0 Å². The fourth-order valence-electron chi connectivity index (χ4n) is 2.68. The van der Waals surface area contributed by atoms with Crippen LogP contribution in [0.15, 0.2) is 18.2 Å². The SMILES string of the molecule is CCNc1ccc(C(=O)N2CCN(CCO)CC2)cc1C. The number of rotatable bonds is 5. The largest absolute Gasteiger partial charge is 0.395 e. The molecule has 21 heavy (non-hydrogen) atoms. The van der Waals surface area contributed by atoms with Crippen LogP contribution in [0.5, 0.6) is 0 Å². The third kappa shape index (κ3) is 3.95. The minimum Gasteiger partial charge on any atom is -0.395 e. The van der Waals surface area contributed by atoms with Gasteiger partial charge in [-0.3, -0.25) is 9.69 Å². The van der Waals surface area contributed by atoms with E-state index in [1.165, 1.54) is 0 Å². The number of amides is 1. The fourth-order valence-corrected chi connectivity index (χ4v) is 2.68. The van der Waals surface area contributed by atoms with Gasteiger partial charge in [0.15, 0.2) is 0 Å². The van der Waals surface area contributed by atoms with Crippen LogP contribution in [0.25, 0.3) is 0 Å². The summed E-state index contributed by atoms with van der Waals surface area (Å²) in [5.41, 5.74) is 2.94. The molecule has 1 aromatic rings. The first-order valence-electron chi connectivity index (χ1n) is 7.62. The standard InChI is InChI=1S/C16H25N3O2/c1-3-17-15-5-4-14(12-13(15)2)16(21)19-8-6-18(7-9-19)10-11-20/h4-5,12,17,20H,3,6-11H2,1-2H3. The van der Waals surface area contributed by atoms with E-state index in [9.17, 15) is 4.79 Å². The van der Waals surface area contributed by atoms with Gasteiger partial charge in [0, 0.05) is 50.5 Å². The average Bonchev–Trinajstić information content (AvgIpc) is 2.50. The van der Waals surface area contributed by atoms with E-state index in [2.05, 4.69) is 17.1 Å². The molecule has 0 aromatic heterocycles. The van der Waals surface area contributed by atoms with Crippen LogP contribution in [0.2, 0.25) is 0 Å². The van der Waals surface area contributed by atoms with Gasteiger partial charge in [-0.2, -0.15) is 0 Å². The van der Waals surface area contributed by atoms with Crippen molar-refractivity contribution in [2.75, 3.05) is 51.2 Å². The zero-order chi connectivity index (χ0) is 15.2. The third-order valence-electron chi connectivity index (χ3n) is 3.92. The molecule has 0 aliphatic carbocycles. The van der Waals surface area contributed by atoms with Gasteiger partial charge in [0.2, 0.25) is 0 Å². The summed E-state index contributed by atoms with van der Waals surface area (Å²) in [6, 6.07) is 5.84. The molecule has 0 spiro atoms. The second kappa shape index (κ2) is 7.43. The Hall–Kier alpha value is -1.59. The Labute approximate surface area is 126 Å². The Morgan fingerprint density at radius 3 is 2.57 bits per heavy atom. The molecule has 0 bridgehead atoms. The molecule has 0 radical (unpaired) electrons. The quantitative estimate of drug-likeness (QED) is 0.855. The zero-order valence-electron chi connectivity index (χ0n) is 12.9. The van der Waals surface area contributed by atoms with Crippen molar-refractivity contribution in [2.45, 2.75) is 13.8 Å². The lowest BCUT2D eigenvalue weighted by atomic mass is 10.1. The summed E-state index contributed by atoms with van der Waals surface area (Å²) in [4.78, 5) is 16.6. The maximum Gasteiger partial charge on any atom is 0.253 e. The average molecular weight is 291 g/mol. The summed E-state index contributed by atoms with van der Waals surface area (Å²) in [6.45, 7) is 8.96. The van der Waals surface area contributed by atoms with E-state index in [4.69, 9.17) is 5.11 Å². The molecule has 116 valence electrons. The molecule has 1 amide bonds. The molecule has 1 saturated heterocycles. The topological polar surface area (TPSA) is 55.8 Å². The molecule has 1 heterocycles. The first kappa shape index (κ1) is 15.8. The Bertz CT molecular complexity index is 482. The van der Waals surface area contributed by atoms with Crippen molar-refractivity contribution in [1.29, 1.82) is 0 Å². The highest BCUT2D eigenvalue weighted by atomic mass is 16.3. The molecule has 2 N–H and O–H groups in total. The maximum absolute atomic E-state index is 12.5. The molecule has 1 aromatic carbocycles. The lowest BCUT2D eigenvalue weighted by Gasteiger charge is -2.34. The lowest BCUT2D eigenvalue weighted by Crippen LogP contribution is -2.49. The number of hydrogen-bond acceptors (Lipinski definition) is 4. The highest BCUT2D eigenvalue weighted by Gasteiger charge is 2.22. The Kier molecular flexibility index (Phi) is 5.59. The normalized spacial score (nSPS) is 16.0. The monoisotopic (exact) mass is 291 g/mol. The predicted molar refractivity (Wildman–Crippen MR) is 84.8 cm³/mol. The van der Waals surface area contributed by atoms with Crippen molar-refractivity contribution in [3.05, 3.63) is 29.3 Å². The molecule has 2 rings (SSSR count). The summed E-state index contributed by atoms with van der Waals surface area (Å²) >= 11 is 0. The Balaban J connectivity index is 1.99. The van der Waals surface area contributed by atoms with Crippen molar-refractivity contribution < 1.29 is 9.90 Å². The number of nitrogens with zero attached hydrogens (tertiary/aromatic N) is 2. The van der Waals surface area contributed by atoms with Gasteiger partial charge in [0.25, 0.3) is 5.91 Å². The smallest absolute Gasteiger partial charge is 0.253 e. The number of β-amino-alcohol motifs (C(OH)–C–C–N with tert-alkyl or cyclic N) is 1. The van der Waals surface area contributed by atoms with E-state index in [0.717, 1.165) is 49.5 Å². The van der Waals surface area contributed by atoms with Gasteiger partial charge >= 0.3 is 0 Å². The number of aliphatic hydroxyl groups excluding tert-OH is 1.